The number of aryl methyl sites for hydroxylation is 1. The maximum absolute atomic E-state index is 13.3. The number of nitrogens with one attached hydrogen (secondary N) is 1. The summed E-state index contributed by atoms with van der Waals surface area (Å²) in [6.45, 7) is 3.95. The van der Waals surface area contributed by atoms with Gasteiger partial charge >= 0.3 is 6.03 Å². The number of anilines is 2. The number of imide groups is 2. The van der Waals surface area contributed by atoms with Crippen LogP contribution in [-0.2, 0) is 9.59 Å². The highest BCUT2D eigenvalue weighted by atomic mass is 16.7. The quantitative estimate of drug-likeness (QED) is 0.461. The summed E-state index contributed by atoms with van der Waals surface area (Å²) in [5, 5.41) is 2.26. The second kappa shape index (κ2) is 8.35. The van der Waals surface area contributed by atoms with Crippen molar-refractivity contribution < 1.29 is 23.9 Å². The molecule has 5 rings (SSSR count). The number of urea groups is 1. The number of carbonyl (C=O) groups is 3. The SMILES string of the molecule is Cc1cc(C=C2C(=O)NC(=O)N(c3ccc4c(c3)OCO4)C2=O)c(C)n1-c1ccc(N(C)C)cc1. The van der Waals surface area contributed by atoms with Crippen molar-refractivity contribution in [2.24, 2.45) is 0 Å². The molecule has 1 aromatic heterocycles. The Labute approximate surface area is 202 Å². The van der Waals surface area contributed by atoms with Gasteiger partial charge in [-0.25, -0.2) is 9.69 Å². The van der Waals surface area contributed by atoms with Crippen molar-refractivity contribution in [3.05, 3.63) is 71.1 Å². The van der Waals surface area contributed by atoms with E-state index in [0.29, 0.717) is 17.1 Å². The molecule has 0 saturated carbocycles. The van der Waals surface area contributed by atoms with E-state index in [1.54, 1.807) is 12.1 Å². The molecular formula is C26H24N4O5. The molecule has 0 unspecified atom stereocenters. The Hall–Kier alpha value is -4.53. The number of amides is 4. The van der Waals surface area contributed by atoms with Crippen molar-refractivity contribution in [3.63, 3.8) is 0 Å². The second-order valence-corrected chi connectivity index (χ2v) is 8.57. The van der Waals surface area contributed by atoms with Gasteiger partial charge in [-0.1, -0.05) is 0 Å². The van der Waals surface area contributed by atoms with Crippen LogP contribution in [0.2, 0.25) is 0 Å². The van der Waals surface area contributed by atoms with Crippen LogP contribution in [-0.4, -0.2) is 43.3 Å². The summed E-state index contributed by atoms with van der Waals surface area (Å²) in [6, 6.07) is 13.9. The lowest BCUT2D eigenvalue weighted by molar-refractivity contribution is -0.122. The summed E-state index contributed by atoms with van der Waals surface area (Å²) in [5.74, 6) is -0.499. The summed E-state index contributed by atoms with van der Waals surface area (Å²) >= 11 is 0. The molecule has 2 aliphatic rings. The first-order valence-corrected chi connectivity index (χ1v) is 11.0. The molecule has 4 amide bonds. The molecule has 0 aliphatic carbocycles. The molecule has 2 aliphatic heterocycles. The van der Waals surface area contributed by atoms with E-state index < -0.39 is 17.8 Å². The topological polar surface area (TPSA) is 93.1 Å². The Morgan fingerprint density at radius 3 is 2.31 bits per heavy atom. The number of carbonyl (C=O) groups excluding carboxylic acids is 3. The largest absolute Gasteiger partial charge is 0.454 e. The molecule has 2 aromatic carbocycles. The van der Waals surface area contributed by atoms with Gasteiger partial charge in [0.25, 0.3) is 11.8 Å². The Morgan fingerprint density at radius 1 is 0.914 bits per heavy atom. The van der Waals surface area contributed by atoms with E-state index in [2.05, 4.69) is 9.88 Å². The summed E-state index contributed by atoms with van der Waals surface area (Å²) in [4.78, 5) is 41.5. The number of ether oxygens (including phenoxy) is 2. The zero-order valence-electron chi connectivity index (χ0n) is 19.8. The summed E-state index contributed by atoms with van der Waals surface area (Å²) < 4.78 is 12.7. The van der Waals surface area contributed by atoms with Gasteiger partial charge in [0, 0.05) is 42.9 Å². The minimum atomic E-state index is -0.817. The van der Waals surface area contributed by atoms with E-state index in [1.165, 1.54) is 12.1 Å². The number of barbiturate groups is 1. The molecule has 3 aromatic rings. The molecule has 0 radical (unpaired) electrons. The van der Waals surface area contributed by atoms with Crippen LogP contribution in [0.5, 0.6) is 11.5 Å². The van der Waals surface area contributed by atoms with Crippen LogP contribution < -0.4 is 24.6 Å². The van der Waals surface area contributed by atoms with Crippen molar-refractivity contribution in [1.82, 2.24) is 9.88 Å². The van der Waals surface area contributed by atoms with Crippen LogP contribution in [0.4, 0.5) is 16.2 Å². The van der Waals surface area contributed by atoms with Crippen LogP contribution in [0, 0.1) is 13.8 Å². The van der Waals surface area contributed by atoms with Crippen molar-refractivity contribution >= 4 is 35.3 Å². The number of benzene rings is 2. The Bertz CT molecular complexity index is 1400. The van der Waals surface area contributed by atoms with Crippen LogP contribution >= 0.6 is 0 Å². The molecule has 9 nitrogen and oxygen atoms in total. The molecule has 178 valence electrons. The third-order valence-corrected chi connectivity index (χ3v) is 6.11. The maximum Gasteiger partial charge on any atom is 0.335 e. The molecule has 9 heteroatoms. The third-order valence-electron chi connectivity index (χ3n) is 6.11. The molecule has 1 saturated heterocycles. The number of hydrogen-bond donors (Lipinski definition) is 1. The Balaban J connectivity index is 1.51. The number of rotatable bonds is 4. The van der Waals surface area contributed by atoms with Gasteiger partial charge in [0.2, 0.25) is 6.79 Å². The normalized spacial score (nSPS) is 16.2. The highest BCUT2D eigenvalue weighted by Gasteiger charge is 2.37. The monoisotopic (exact) mass is 472 g/mol. The molecular weight excluding hydrogens is 448 g/mol. The van der Waals surface area contributed by atoms with Gasteiger partial charge in [-0.15, -0.1) is 0 Å². The molecule has 35 heavy (non-hydrogen) atoms. The number of fused-ring (bicyclic) bond motifs is 1. The van der Waals surface area contributed by atoms with Crippen molar-refractivity contribution in [2.45, 2.75) is 13.8 Å². The fourth-order valence-electron chi connectivity index (χ4n) is 4.30. The second-order valence-electron chi connectivity index (χ2n) is 8.57. The fraction of sp³-hybridized carbons (Fsp3) is 0.192. The van der Waals surface area contributed by atoms with Crippen LogP contribution in [0.3, 0.4) is 0 Å². The highest BCUT2D eigenvalue weighted by Crippen LogP contribution is 2.36. The maximum atomic E-state index is 13.3. The predicted molar refractivity (Wildman–Crippen MR) is 131 cm³/mol. The third kappa shape index (κ3) is 3.80. The van der Waals surface area contributed by atoms with E-state index >= 15 is 0 Å². The molecule has 1 N–H and O–H groups in total. The van der Waals surface area contributed by atoms with Gasteiger partial charge < -0.3 is 18.9 Å². The van der Waals surface area contributed by atoms with Crippen molar-refractivity contribution in [1.29, 1.82) is 0 Å². The van der Waals surface area contributed by atoms with Crippen molar-refractivity contribution in [2.75, 3.05) is 30.7 Å². The summed E-state index contributed by atoms with van der Waals surface area (Å²) in [7, 11) is 3.96. The average molecular weight is 473 g/mol. The zero-order chi connectivity index (χ0) is 24.9. The van der Waals surface area contributed by atoms with E-state index in [9.17, 15) is 14.4 Å². The van der Waals surface area contributed by atoms with Gasteiger partial charge in [0.1, 0.15) is 5.57 Å². The lowest BCUT2D eigenvalue weighted by Crippen LogP contribution is -2.54. The smallest absolute Gasteiger partial charge is 0.335 e. The van der Waals surface area contributed by atoms with Gasteiger partial charge in [-0.05, 0) is 68.0 Å². The first-order valence-electron chi connectivity index (χ1n) is 11.0. The van der Waals surface area contributed by atoms with Gasteiger partial charge in [-0.2, -0.15) is 0 Å². The lowest BCUT2D eigenvalue weighted by atomic mass is 10.1. The Kier molecular flexibility index (Phi) is 5.32. The molecule has 0 atom stereocenters. The number of aromatic nitrogens is 1. The van der Waals surface area contributed by atoms with Crippen LogP contribution in [0.25, 0.3) is 11.8 Å². The van der Waals surface area contributed by atoms with Crippen molar-refractivity contribution in [3.8, 4) is 17.2 Å². The minimum Gasteiger partial charge on any atom is -0.454 e. The molecule has 3 heterocycles. The number of hydrogen-bond acceptors (Lipinski definition) is 6. The average Bonchev–Trinajstić information content (AvgIpc) is 3.39. The first-order chi connectivity index (χ1) is 16.7. The fourth-order valence-corrected chi connectivity index (χ4v) is 4.30. The van der Waals surface area contributed by atoms with E-state index in [4.69, 9.17) is 9.47 Å². The number of nitrogens with zero attached hydrogens (tertiary/aromatic N) is 3. The van der Waals surface area contributed by atoms with E-state index in [0.717, 1.165) is 27.7 Å². The molecule has 1 fully saturated rings. The van der Waals surface area contributed by atoms with Crippen LogP contribution in [0.15, 0.2) is 54.1 Å². The zero-order valence-corrected chi connectivity index (χ0v) is 19.8. The highest BCUT2D eigenvalue weighted by molar-refractivity contribution is 6.39. The van der Waals surface area contributed by atoms with E-state index in [1.807, 2.05) is 63.2 Å². The molecule has 0 spiro atoms. The summed E-state index contributed by atoms with van der Waals surface area (Å²) in [6.07, 6.45) is 1.52. The Morgan fingerprint density at radius 2 is 1.60 bits per heavy atom. The lowest BCUT2D eigenvalue weighted by Gasteiger charge is -2.26. The standard InChI is InChI=1S/C26H24N4O5/c1-15-11-17(16(2)29(15)19-7-5-18(6-8-19)28(3)4)12-21-24(31)27-26(33)30(25(21)32)20-9-10-22-23(13-20)35-14-34-22/h5-13H,14H2,1-4H3,(H,27,31,33). The molecule has 0 bridgehead atoms. The minimum absolute atomic E-state index is 0.0655. The van der Waals surface area contributed by atoms with E-state index in [-0.39, 0.29) is 18.1 Å². The van der Waals surface area contributed by atoms with Crippen LogP contribution in [0.1, 0.15) is 17.0 Å². The summed E-state index contributed by atoms with van der Waals surface area (Å²) in [5.41, 5.74) is 4.70. The predicted octanol–water partition coefficient (Wildman–Crippen LogP) is 3.56. The first kappa shape index (κ1) is 22.3. The van der Waals surface area contributed by atoms with Gasteiger partial charge in [0.15, 0.2) is 11.5 Å². The van der Waals surface area contributed by atoms with Gasteiger partial charge in [-0.3, -0.25) is 14.9 Å². The van der Waals surface area contributed by atoms with Gasteiger partial charge in [0.05, 0.1) is 5.69 Å².